The van der Waals surface area contributed by atoms with Crippen LogP contribution in [0, 0.1) is 3.57 Å². The summed E-state index contributed by atoms with van der Waals surface area (Å²) in [7, 11) is 0. The van der Waals surface area contributed by atoms with Gasteiger partial charge < -0.3 is 5.32 Å². The van der Waals surface area contributed by atoms with Crippen LogP contribution in [0.2, 0.25) is 10.0 Å². The molecule has 0 aliphatic heterocycles. The Morgan fingerprint density at radius 3 is 2.67 bits per heavy atom. The van der Waals surface area contributed by atoms with Crippen molar-refractivity contribution >= 4 is 51.6 Å². The lowest BCUT2D eigenvalue weighted by atomic mass is 10.2. The van der Waals surface area contributed by atoms with Gasteiger partial charge in [-0.15, -0.1) is 0 Å². The van der Waals surface area contributed by atoms with Gasteiger partial charge in [0.05, 0.1) is 14.3 Å². The number of nitrogens with zero attached hydrogens (tertiary/aromatic N) is 2. The van der Waals surface area contributed by atoms with Gasteiger partial charge in [0.2, 0.25) is 0 Å². The average Bonchev–Trinajstić information content (AvgIpc) is 3.26. The van der Waals surface area contributed by atoms with Crippen molar-refractivity contribution in [3.63, 3.8) is 0 Å². The van der Waals surface area contributed by atoms with Crippen LogP contribution in [0.15, 0.2) is 18.2 Å². The molecule has 1 aliphatic rings. The summed E-state index contributed by atoms with van der Waals surface area (Å²) in [6.07, 6.45) is 2.40. The summed E-state index contributed by atoms with van der Waals surface area (Å²) in [5, 5.41) is 4.50. The van der Waals surface area contributed by atoms with E-state index in [4.69, 9.17) is 28.2 Å². The predicted molar refractivity (Wildman–Crippen MR) is 96.3 cm³/mol. The topological polar surface area (TPSA) is 37.8 Å². The molecule has 1 aromatic carbocycles. The molecule has 0 amide bonds. The lowest BCUT2D eigenvalue weighted by Gasteiger charge is -2.12. The van der Waals surface area contributed by atoms with Gasteiger partial charge in [0.25, 0.3) is 0 Å². The average molecular weight is 434 g/mol. The van der Waals surface area contributed by atoms with E-state index in [0.717, 1.165) is 27.2 Å². The quantitative estimate of drug-likeness (QED) is 0.659. The fourth-order valence-electron chi connectivity index (χ4n) is 2.17. The van der Waals surface area contributed by atoms with Crippen LogP contribution >= 0.6 is 45.8 Å². The monoisotopic (exact) mass is 433 g/mol. The number of rotatable bonds is 4. The van der Waals surface area contributed by atoms with E-state index >= 15 is 0 Å². The minimum atomic E-state index is 0.558. The fraction of sp³-hybridized carbons (Fsp3) is 0.333. The van der Waals surface area contributed by atoms with Crippen LogP contribution in [-0.2, 0) is 0 Å². The largest absolute Gasteiger partial charge is 0.369 e. The minimum Gasteiger partial charge on any atom is -0.369 e. The molecule has 3 nitrogen and oxygen atoms in total. The molecule has 1 aromatic heterocycles. The molecule has 21 heavy (non-hydrogen) atoms. The summed E-state index contributed by atoms with van der Waals surface area (Å²) in [6, 6.07) is 5.41. The fourth-order valence-corrected chi connectivity index (χ4v) is 3.53. The van der Waals surface area contributed by atoms with Crippen LogP contribution in [0.3, 0.4) is 0 Å². The van der Waals surface area contributed by atoms with Crippen molar-refractivity contribution in [2.45, 2.75) is 25.7 Å². The Bertz CT molecular complexity index is 687. The second-order valence-electron chi connectivity index (χ2n) is 5.02. The van der Waals surface area contributed by atoms with Crippen molar-refractivity contribution in [2.24, 2.45) is 0 Å². The molecule has 1 heterocycles. The molecular weight excluding hydrogens is 420 g/mol. The normalized spacial score (nSPS) is 14.3. The lowest BCUT2D eigenvalue weighted by molar-refractivity contribution is 0.972. The first-order valence-corrected chi connectivity index (χ1v) is 8.70. The molecule has 1 aliphatic carbocycles. The molecule has 0 radical (unpaired) electrons. The smallest absolute Gasteiger partial charge is 0.163 e. The number of hydrogen-bond donors (Lipinski definition) is 1. The van der Waals surface area contributed by atoms with E-state index in [0.29, 0.717) is 21.8 Å². The van der Waals surface area contributed by atoms with Gasteiger partial charge in [-0.2, -0.15) is 0 Å². The molecular formula is C15H14Cl2IN3. The molecule has 2 aromatic rings. The van der Waals surface area contributed by atoms with Crippen molar-refractivity contribution in [1.82, 2.24) is 9.97 Å². The summed E-state index contributed by atoms with van der Waals surface area (Å²) in [5.41, 5.74) is 1.95. The standard InChI is InChI=1S/C15H14Cl2IN3/c1-2-19-15-12(18)13(8-3-4-8)20-14(21-15)10-6-5-9(16)7-11(10)17/h5-8H,2-4H2,1H3,(H,19,20,21). The van der Waals surface area contributed by atoms with Crippen LogP contribution in [0.25, 0.3) is 11.4 Å². The van der Waals surface area contributed by atoms with Crippen LogP contribution in [0.5, 0.6) is 0 Å². The first kappa shape index (κ1) is 15.3. The Morgan fingerprint density at radius 2 is 2.05 bits per heavy atom. The highest BCUT2D eigenvalue weighted by atomic mass is 127. The maximum atomic E-state index is 6.29. The maximum Gasteiger partial charge on any atom is 0.163 e. The molecule has 0 atom stereocenters. The van der Waals surface area contributed by atoms with Gasteiger partial charge in [0, 0.05) is 23.0 Å². The second-order valence-corrected chi connectivity index (χ2v) is 6.95. The van der Waals surface area contributed by atoms with Crippen molar-refractivity contribution < 1.29 is 0 Å². The van der Waals surface area contributed by atoms with E-state index < -0.39 is 0 Å². The molecule has 1 fully saturated rings. The number of benzene rings is 1. The zero-order valence-electron chi connectivity index (χ0n) is 11.5. The van der Waals surface area contributed by atoms with E-state index in [9.17, 15) is 0 Å². The van der Waals surface area contributed by atoms with E-state index in [1.807, 2.05) is 12.1 Å². The molecule has 3 rings (SSSR count). The highest BCUT2D eigenvalue weighted by Gasteiger charge is 2.29. The second kappa shape index (κ2) is 6.26. The Hall–Kier alpha value is -0.590. The van der Waals surface area contributed by atoms with Crippen molar-refractivity contribution in [3.8, 4) is 11.4 Å². The third-order valence-electron chi connectivity index (χ3n) is 3.36. The summed E-state index contributed by atoms with van der Waals surface area (Å²) in [4.78, 5) is 9.39. The molecule has 0 saturated heterocycles. The Morgan fingerprint density at radius 1 is 1.29 bits per heavy atom. The molecule has 110 valence electrons. The van der Waals surface area contributed by atoms with E-state index in [1.165, 1.54) is 12.8 Å². The molecule has 0 spiro atoms. The van der Waals surface area contributed by atoms with Gasteiger partial charge in [0.15, 0.2) is 5.82 Å². The van der Waals surface area contributed by atoms with Gasteiger partial charge in [0.1, 0.15) is 5.82 Å². The van der Waals surface area contributed by atoms with Gasteiger partial charge in [-0.3, -0.25) is 0 Å². The van der Waals surface area contributed by atoms with Gasteiger partial charge in [-0.05, 0) is 60.6 Å². The summed E-state index contributed by atoms with van der Waals surface area (Å²) in [6.45, 7) is 2.88. The first-order valence-electron chi connectivity index (χ1n) is 6.87. The molecule has 0 bridgehead atoms. The third-order valence-corrected chi connectivity index (χ3v) is 4.97. The van der Waals surface area contributed by atoms with Crippen molar-refractivity contribution in [2.75, 3.05) is 11.9 Å². The number of aromatic nitrogens is 2. The van der Waals surface area contributed by atoms with Gasteiger partial charge >= 0.3 is 0 Å². The zero-order valence-corrected chi connectivity index (χ0v) is 15.1. The molecule has 0 unspecified atom stereocenters. The molecule has 6 heteroatoms. The van der Waals surface area contributed by atoms with E-state index in [1.54, 1.807) is 6.07 Å². The Labute approximate surface area is 147 Å². The minimum absolute atomic E-state index is 0.558. The van der Waals surface area contributed by atoms with Crippen molar-refractivity contribution in [1.29, 1.82) is 0 Å². The summed E-state index contributed by atoms with van der Waals surface area (Å²) in [5.74, 6) is 2.10. The number of halogens is 3. The van der Waals surface area contributed by atoms with Gasteiger partial charge in [-0.1, -0.05) is 23.2 Å². The number of nitrogens with one attached hydrogen (secondary N) is 1. The van der Waals surface area contributed by atoms with Crippen molar-refractivity contribution in [3.05, 3.63) is 37.5 Å². The highest BCUT2D eigenvalue weighted by Crippen LogP contribution is 2.43. The summed E-state index contributed by atoms with van der Waals surface area (Å²) >= 11 is 14.6. The molecule has 1 N–H and O–H groups in total. The lowest BCUT2D eigenvalue weighted by Crippen LogP contribution is -2.07. The van der Waals surface area contributed by atoms with E-state index in [-0.39, 0.29) is 0 Å². The number of hydrogen-bond acceptors (Lipinski definition) is 3. The van der Waals surface area contributed by atoms with Crippen LogP contribution in [0.1, 0.15) is 31.4 Å². The zero-order chi connectivity index (χ0) is 15.0. The summed E-state index contributed by atoms with van der Waals surface area (Å²) < 4.78 is 1.12. The third kappa shape index (κ3) is 3.27. The van der Waals surface area contributed by atoms with Crippen LogP contribution < -0.4 is 5.32 Å². The van der Waals surface area contributed by atoms with Gasteiger partial charge in [-0.25, -0.2) is 9.97 Å². The predicted octanol–water partition coefficient (Wildman–Crippen LogP) is 5.36. The molecule has 1 saturated carbocycles. The van der Waals surface area contributed by atoms with E-state index in [2.05, 4.69) is 39.8 Å². The Balaban J connectivity index is 2.13. The first-order chi connectivity index (χ1) is 10.1. The number of anilines is 1. The SMILES string of the molecule is CCNc1nc(-c2ccc(Cl)cc2Cl)nc(C2CC2)c1I. The van der Waals surface area contributed by atoms with Crippen LogP contribution in [0.4, 0.5) is 5.82 Å². The highest BCUT2D eigenvalue weighted by molar-refractivity contribution is 14.1. The maximum absolute atomic E-state index is 6.29. The van der Waals surface area contributed by atoms with Crippen LogP contribution in [-0.4, -0.2) is 16.5 Å². The Kier molecular flexibility index (Phi) is 4.57.